The maximum Gasteiger partial charge on any atom is 0.306 e. The largest absolute Gasteiger partial charge is 0.494 e. The molecule has 7 nitrogen and oxygen atoms in total. The molecule has 0 radical (unpaired) electrons. The van der Waals surface area contributed by atoms with Crippen molar-refractivity contribution in [1.82, 2.24) is 10.9 Å². The lowest BCUT2D eigenvalue weighted by Crippen LogP contribution is -2.42. The Morgan fingerprint density at radius 2 is 1.82 bits per heavy atom. The number of hydrogen-bond donors (Lipinski definition) is 2. The molecule has 0 unspecified atom stereocenters. The van der Waals surface area contributed by atoms with Crippen LogP contribution in [-0.2, 0) is 19.1 Å². The van der Waals surface area contributed by atoms with Crippen LogP contribution in [0.3, 0.4) is 0 Å². The second kappa shape index (κ2) is 9.78. The highest BCUT2D eigenvalue weighted by molar-refractivity contribution is 9.10. The first kappa shape index (κ1) is 18.0. The zero-order valence-corrected chi connectivity index (χ0v) is 13.6. The number of amides is 2. The molecule has 0 saturated heterocycles. The Hall–Kier alpha value is -2.09. The first-order chi connectivity index (χ1) is 10.5. The maximum absolute atomic E-state index is 11.4. The maximum atomic E-state index is 11.4. The van der Waals surface area contributed by atoms with Gasteiger partial charge in [-0.25, -0.2) is 0 Å². The Morgan fingerprint density at radius 1 is 1.14 bits per heavy atom. The van der Waals surface area contributed by atoms with Gasteiger partial charge >= 0.3 is 5.97 Å². The average molecular weight is 373 g/mol. The van der Waals surface area contributed by atoms with Crippen LogP contribution in [0.5, 0.6) is 5.75 Å². The van der Waals surface area contributed by atoms with E-state index in [2.05, 4.69) is 26.8 Å². The van der Waals surface area contributed by atoms with Crippen LogP contribution in [0.25, 0.3) is 0 Å². The third-order valence-electron chi connectivity index (χ3n) is 2.35. The molecule has 0 heterocycles. The molecular weight excluding hydrogens is 356 g/mol. The number of ether oxygens (including phenoxy) is 2. The van der Waals surface area contributed by atoms with Crippen molar-refractivity contribution in [3.05, 3.63) is 28.7 Å². The second-order valence-electron chi connectivity index (χ2n) is 4.30. The summed E-state index contributed by atoms with van der Waals surface area (Å²) in [5.41, 5.74) is 4.18. The summed E-state index contributed by atoms with van der Waals surface area (Å²) in [7, 11) is 0. The normalized spacial score (nSPS) is 9.73. The number of halogens is 1. The number of hydrazine groups is 1. The van der Waals surface area contributed by atoms with Gasteiger partial charge in [0, 0.05) is 17.8 Å². The molecule has 2 amide bonds. The van der Waals surface area contributed by atoms with Gasteiger partial charge in [0.2, 0.25) is 5.91 Å². The van der Waals surface area contributed by atoms with Crippen molar-refractivity contribution in [3.8, 4) is 5.75 Å². The van der Waals surface area contributed by atoms with Gasteiger partial charge in [-0.2, -0.15) is 0 Å². The minimum absolute atomic E-state index is 0.143. The molecular formula is C14H17BrN2O5. The average Bonchev–Trinajstić information content (AvgIpc) is 2.49. The zero-order chi connectivity index (χ0) is 16.4. The molecule has 2 N–H and O–H groups in total. The van der Waals surface area contributed by atoms with E-state index in [1.165, 1.54) is 6.92 Å². The van der Waals surface area contributed by atoms with Crippen molar-refractivity contribution in [1.29, 1.82) is 0 Å². The van der Waals surface area contributed by atoms with Crippen LogP contribution in [0.2, 0.25) is 0 Å². The smallest absolute Gasteiger partial charge is 0.306 e. The van der Waals surface area contributed by atoms with E-state index in [0.717, 1.165) is 4.47 Å². The van der Waals surface area contributed by atoms with E-state index in [0.29, 0.717) is 18.8 Å². The van der Waals surface area contributed by atoms with Gasteiger partial charge in [-0.1, -0.05) is 15.9 Å². The van der Waals surface area contributed by atoms with E-state index in [4.69, 9.17) is 9.47 Å². The summed E-state index contributed by atoms with van der Waals surface area (Å²) in [6, 6.07) is 7.35. The molecule has 0 aliphatic rings. The summed E-state index contributed by atoms with van der Waals surface area (Å²) in [6.45, 7) is 1.18. The van der Waals surface area contributed by atoms with Crippen LogP contribution < -0.4 is 15.6 Å². The zero-order valence-electron chi connectivity index (χ0n) is 12.1. The van der Waals surface area contributed by atoms with Gasteiger partial charge in [-0.15, -0.1) is 0 Å². The van der Waals surface area contributed by atoms with Crippen molar-refractivity contribution in [2.45, 2.75) is 19.8 Å². The van der Waals surface area contributed by atoms with E-state index in [-0.39, 0.29) is 6.42 Å². The fourth-order valence-corrected chi connectivity index (χ4v) is 1.61. The van der Waals surface area contributed by atoms with E-state index in [9.17, 15) is 14.4 Å². The quantitative estimate of drug-likeness (QED) is 0.427. The standard InChI is InChI=1S/C14H17BrN2O5/c1-10(18)16-17-13(19)9-22-14(20)3-2-8-21-12-6-4-11(15)5-7-12/h4-7H,2-3,8-9H2,1H3,(H,16,18)(H,17,19). The third-order valence-corrected chi connectivity index (χ3v) is 2.88. The van der Waals surface area contributed by atoms with Crippen molar-refractivity contribution in [2.24, 2.45) is 0 Å². The lowest BCUT2D eigenvalue weighted by atomic mass is 10.3. The van der Waals surface area contributed by atoms with Gasteiger partial charge in [0.25, 0.3) is 5.91 Å². The Balaban J connectivity index is 2.09. The van der Waals surface area contributed by atoms with E-state index < -0.39 is 24.4 Å². The van der Waals surface area contributed by atoms with E-state index in [1.54, 1.807) is 0 Å². The highest BCUT2D eigenvalue weighted by atomic mass is 79.9. The number of esters is 1. The van der Waals surface area contributed by atoms with Gasteiger partial charge in [-0.3, -0.25) is 25.2 Å². The van der Waals surface area contributed by atoms with Crippen LogP contribution in [0, 0.1) is 0 Å². The molecule has 0 aliphatic heterocycles. The van der Waals surface area contributed by atoms with Gasteiger partial charge < -0.3 is 9.47 Å². The molecule has 0 aliphatic carbocycles. The first-order valence-corrected chi connectivity index (χ1v) is 7.36. The van der Waals surface area contributed by atoms with Crippen LogP contribution >= 0.6 is 15.9 Å². The summed E-state index contributed by atoms with van der Waals surface area (Å²) in [5, 5.41) is 0. The Kier molecular flexibility index (Phi) is 7.98. The lowest BCUT2D eigenvalue weighted by molar-refractivity contribution is -0.149. The van der Waals surface area contributed by atoms with E-state index in [1.807, 2.05) is 24.3 Å². The summed E-state index contributed by atoms with van der Waals surface area (Å²) in [4.78, 5) is 33.1. The molecule has 0 spiro atoms. The number of benzene rings is 1. The molecule has 0 atom stereocenters. The van der Waals surface area contributed by atoms with Crippen LogP contribution in [-0.4, -0.2) is 31.0 Å². The lowest BCUT2D eigenvalue weighted by Gasteiger charge is -2.07. The molecule has 22 heavy (non-hydrogen) atoms. The van der Waals surface area contributed by atoms with Crippen molar-refractivity contribution in [2.75, 3.05) is 13.2 Å². The summed E-state index contributed by atoms with van der Waals surface area (Å²) >= 11 is 3.32. The van der Waals surface area contributed by atoms with Gasteiger partial charge in [0.15, 0.2) is 6.61 Å². The molecule has 0 fully saturated rings. The molecule has 0 aromatic heterocycles. The van der Waals surface area contributed by atoms with Crippen LogP contribution in [0.4, 0.5) is 0 Å². The van der Waals surface area contributed by atoms with Gasteiger partial charge in [0.05, 0.1) is 6.61 Å². The fourth-order valence-electron chi connectivity index (χ4n) is 1.35. The summed E-state index contributed by atoms with van der Waals surface area (Å²) < 4.78 is 11.1. The highest BCUT2D eigenvalue weighted by Gasteiger charge is 2.07. The molecule has 120 valence electrons. The predicted octanol–water partition coefficient (Wildman–Crippen LogP) is 1.32. The van der Waals surface area contributed by atoms with Crippen molar-refractivity contribution < 1.29 is 23.9 Å². The monoisotopic (exact) mass is 372 g/mol. The molecule has 1 aromatic rings. The van der Waals surface area contributed by atoms with Crippen LogP contribution in [0.1, 0.15) is 19.8 Å². The van der Waals surface area contributed by atoms with Crippen molar-refractivity contribution in [3.63, 3.8) is 0 Å². The summed E-state index contributed by atoms with van der Waals surface area (Å²) in [6.07, 6.45) is 0.617. The minimum atomic E-state index is -0.602. The predicted molar refractivity (Wildman–Crippen MR) is 81.8 cm³/mol. The Morgan fingerprint density at radius 3 is 2.45 bits per heavy atom. The molecule has 0 bridgehead atoms. The fraction of sp³-hybridized carbons (Fsp3) is 0.357. The number of rotatable bonds is 7. The highest BCUT2D eigenvalue weighted by Crippen LogP contribution is 2.16. The molecule has 8 heteroatoms. The molecule has 0 saturated carbocycles. The number of carbonyl (C=O) groups excluding carboxylic acids is 3. The molecule has 1 rings (SSSR count). The number of nitrogens with one attached hydrogen (secondary N) is 2. The third kappa shape index (κ3) is 8.25. The molecule has 1 aromatic carbocycles. The van der Waals surface area contributed by atoms with Crippen molar-refractivity contribution >= 4 is 33.7 Å². The van der Waals surface area contributed by atoms with E-state index >= 15 is 0 Å². The van der Waals surface area contributed by atoms with Gasteiger partial charge in [0.1, 0.15) is 5.75 Å². The topological polar surface area (TPSA) is 93.7 Å². The minimum Gasteiger partial charge on any atom is -0.494 e. The number of hydrogen-bond acceptors (Lipinski definition) is 5. The Bertz CT molecular complexity index is 518. The SMILES string of the molecule is CC(=O)NNC(=O)COC(=O)CCCOc1ccc(Br)cc1. The summed E-state index contributed by atoms with van der Waals surface area (Å²) in [5.74, 6) is -0.803. The number of carbonyl (C=O) groups is 3. The van der Waals surface area contributed by atoms with Gasteiger partial charge in [-0.05, 0) is 30.7 Å². The second-order valence-corrected chi connectivity index (χ2v) is 5.21. The Labute approximate surface area is 136 Å². The first-order valence-electron chi connectivity index (χ1n) is 6.57. The van der Waals surface area contributed by atoms with Crippen LogP contribution in [0.15, 0.2) is 28.7 Å².